The summed E-state index contributed by atoms with van der Waals surface area (Å²) in [5.74, 6) is 0.750. The third-order valence-corrected chi connectivity index (χ3v) is 4.97. The molecule has 0 atom stereocenters. The first-order valence-electron chi connectivity index (χ1n) is 12.2. The molecule has 40 heavy (non-hydrogen) atoms. The normalized spacial score (nSPS) is 11.0. The molecule has 0 aliphatic carbocycles. The van der Waals surface area contributed by atoms with E-state index in [1.807, 2.05) is 38.1 Å². The molecule has 0 saturated heterocycles. The molecule has 0 aliphatic rings. The van der Waals surface area contributed by atoms with Gasteiger partial charge in [-0.15, -0.1) is 0 Å². The molecular formula is C29H40Br2O9. The maximum absolute atomic E-state index is 11.4. The summed E-state index contributed by atoms with van der Waals surface area (Å²) < 4.78 is 25.4. The lowest BCUT2D eigenvalue weighted by molar-refractivity contribution is -0.0294. The highest BCUT2D eigenvalue weighted by Gasteiger charge is 2.24. The smallest absolute Gasteiger partial charge is 0.507 e. The average Bonchev–Trinajstić information content (AvgIpc) is 2.70. The van der Waals surface area contributed by atoms with Crippen LogP contribution >= 0.6 is 31.9 Å². The van der Waals surface area contributed by atoms with Crippen LogP contribution in [0.5, 0.6) is 11.5 Å². The maximum atomic E-state index is 11.4. The van der Waals surface area contributed by atoms with E-state index in [-0.39, 0.29) is 0 Å². The average molecular weight is 692 g/mol. The zero-order valence-electron chi connectivity index (χ0n) is 24.9. The summed E-state index contributed by atoms with van der Waals surface area (Å²) in [6, 6.07) is 10.9. The number of phenolic OH excluding ortho intramolecular Hbond substituents is 1. The summed E-state index contributed by atoms with van der Waals surface area (Å²) in [6.45, 7) is 19.3. The first-order chi connectivity index (χ1) is 18.0. The summed E-state index contributed by atoms with van der Waals surface area (Å²) in [7, 11) is 0. The Morgan fingerprint density at radius 3 is 1.35 bits per heavy atom. The van der Waals surface area contributed by atoms with Crippen molar-refractivity contribution in [2.24, 2.45) is 0 Å². The molecule has 0 unspecified atom stereocenters. The van der Waals surface area contributed by atoms with Gasteiger partial charge in [0.25, 0.3) is 0 Å². The van der Waals surface area contributed by atoms with Crippen molar-refractivity contribution in [2.75, 3.05) is 0 Å². The number of halogens is 2. The minimum absolute atomic E-state index is 0.292. The van der Waals surface area contributed by atoms with Gasteiger partial charge >= 0.3 is 18.5 Å². The highest BCUT2D eigenvalue weighted by Crippen LogP contribution is 2.26. The van der Waals surface area contributed by atoms with E-state index in [0.717, 1.165) is 20.1 Å². The van der Waals surface area contributed by atoms with Crippen LogP contribution in [0.1, 0.15) is 73.4 Å². The predicted molar refractivity (Wildman–Crippen MR) is 160 cm³/mol. The molecule has 0 spiro atoms. The number of carbonyl (C=O) groups excluding carboxylic acids is 3. The topological polar surface area (TPSA) is 118 Å². The molecule has 0 radical (unpaired) electrons. The van der Waals surface area contributed by atoms with Crippen LogP contribution in [0, 0.1) is 13.8 Å². The molecule has 1 N–H and O–H groups in total. The molecule has 0 saturated carbocycles. The van der Waals surface area contributed by atoms with Crippen LogP contribution in [0.2, 0.25) is 0 Å². The Bertz CT molecular complexity index is 1120. The SMILES string of the molecule is CC(C)(C)OC(=O)OC(=O)OC(C)(C)C.Cc1ccc(O)c(Br)c1.Cc1ccc(OC(=O)OC(C)(C)C)c(Br)c1. The van der Waals surface area contributed by atoms with Gasteiger partial charge in [-0.05, 0) is 143 Å². The Labute approximate surface area is 253 Å². The van der Waals surface area contributed by atoms with E-state index in [1.165, 1.54) is 0 Å². The number of hydrogen-bond acceptors (Lipinski definition) is 9. The molecule has 0 aliphatic heterocycles. The first-order valence-corrected chi connectivity index (χ1v) is 13.8. The van der Waals surface area contributed by atoms with Crippen molar-refractivity contribution >= 4 is 50.3 Å². The van der Waals surface area contributed by atoms with Crippen LogP contribution in [-0.2, 0) is 18.9 Å². The Morgan fingerprint density at radius 2 is 1.00 bits per heavy atom. The fourth-order valence-electron chi connectivity index (χ4n) is 2.27. The molecule has 2 rings (SSSR count). The highest BCUT2D eigenvalue weighted by molar-refractivity contribution is 9.10. The molecule has 2 aromatic carbocycles. The zero-order valence-corrected chi connectivity index (χ0v) is 28.1. The fraction of sp³-hybridized carbons (Fsp3) is 0.483. The van der Waals surface area contributed by atoms with Gasteiger partial charge in [-0.3, -0.25) is 0 Å². The second kappa shape index (κ2) is 15.9. The Balaban J connectivity index is 0.000000592. The van der Waals surface area contributed by atoms with E-state index in [0.29, 0.717) is 11.5 Å². The number of carbonyl (C=O) groups is 3. The number of rotatable bonds is 1. The number of aromatic hydroxyl groups is 1. The number of hydrogen-bond donors (Lipinski definition) is 1. The molecule has 0 bridgehead atoms. The fourth-order valence-corrected chi connectivity index (χ4v) is 3.34. The lowest BCUT2D eigenvalue weighted by atomic mass is 10.2. The lowest BCUT2D eigenvalue weighted by Gasteiger charge is -2.20. The number of benzene rings is 2. The quantitative estimate of drug-likeness (QED) is 0.135. The van der Waals surface area contributed by atoms with Crippen LogP contribution < -0.4 is 4.74 Å². The lowest BCUT2D eigenvalue weighted by Crippen LogP contribution is -2.29. The minimum atomic E-state index is -1.06. The van der Waals surface area contributed by atoms with Gasteiger partial charge < -0.3 is 28.8 Å². The van der Waals surface area contributed by atoms with Gasteiger partial charge in [0, 0.05) is 0 Å². The van der Waals surface area contributed by atoms with E-state index in [4.69, 9.17) is 24.1 Å². The van der Waals surface area contributed by atoms with Crippen LogP contribution in [0.25, 0.3) is 0 Å². The number of ether oxygens (including phenoxy) is 5. The molecule has 9 nitrogen and oxygen atoms in total. The van der Waals surface area contributed by atoms with Gasteiger partial charge in [0.15, 0.2) is 0 Å². The predicted octanol–water partition coefficient (Wildman–Crippen LogP) is 9.41. The molecule has 2 aromatic rings. The van der Waals surface area contributed by atoms with E-state index < -0.39 is 35.3 Å². The van der Waals surface area contributed by atoms with Crippen LogP contribution in [0.3, 0.4) is 0 Å². The van der Waals surface area contributed by atoms with Gasteiger partial charge in [-0.2, -0.15) is 0 Å². The van der Waals surface area contributed by atoms with Crippen molar-refractivity contribution in [3.8, 4) is 11.5 Å². The van der Waals surface area contributed by atoms with Crippen molar-refractivity contribution < 1.29 is 43.2 Å². The van der Waals surface area contributed by atoms with Crippen LogP contribution in [0.15, 0.2) is 45.3 Å². The summed E-state index contributed by atoms with van der Waals surface area (Å²) in [5, 5.41) is 9.00. The third kappa shape index (κ3) is 19.3. The standard InChI is InChI=1S/C12H15BrO3.C10H18O5.C7H7BrO/c1-8-5-6-10(9(13)7-8)15-11(14)16-12(2,3)4;1-9(2,3)14-7(11)13-8(12)15-10(4,5)6;1-5-2-3-7(9)6(8)4-5/h5-7H,1-4H3;1-6H3;2-4,9H,1H3. The van der Waals surface area contributed by atoms with Crippen molar-refractivity contribution in [3.63, 3.8) is 0 Å². The summed E-state index contributed by atoms with van der Waals surface area (Å²) in [6.07, 6.45) is -2.81. The molecule has 0 amide bonds. The summed E-state index contributed by atoms with van der Waals surface area (Å²) >= 11 is 6.52. The molecule has 224 valence electrons. The molecule has 11 heteroatoms. The summed E-state index contributed by atoms with van der Waals surface area (Å²) in [5.41, 5.74) is 0.287. The number of phenols is 1. The van der Waals surface area contributed by atoms with Gasteiger partial charge in [0.05, 0.1) is 8.95 Å². The van der Waals surface area contributed by atoms with E-state index >= 15 is 0 Å². The molecular weight excluding hydrogens is 652 g/mol. The van der Waals surface area contributed by atoms with E-state index in [9.17, 15) is 14.4 Å². The summed E-state index contributed by atoms with van der Waals surface area (Å²) in [4.78, 5) is 33.4. The van der Waals surface area contributed by atoms with Crippen molar-refractivity contribution in [1.29, 1.82) is 0 Å². The Hall–Kier alpha value is -2.79. The van der Waals surface area contributed by atoms with Crippen molar-refractivity contribution in [2.45, 2.75) is 93.0 Å². The minimum Gasteiger partial charge on any atom is -0.507 e. The van der Waals surface area contributed by atoms with Crippen molar-refractivity contribution in [3.05, 3.63) is 56.5 Å². The van der Waals surface area contributed by atoms with Crippen LogP contribution in [0.4, 0.5) is 14.4 Å². The molecule has 0 aromatic heterocycles. The van der Waals surface area contributed by atoms with E-state index in [2.05, 4.69) is 36.6 Å². The second-order valence-corrected chi connectivity index (χ2v) is 13.2. The van der Waals surface area contributed by atoms with E-state index in [1.54, 1.807) is 74.4 Å². The number of aryl methyl sites for hydroxylation is 2. The monoisotopic (exact) mass is 690 g/mol. The third-order valence-electron chi connectivity index (χ3n) is 3.72. The molecule has 0 heterocycles. The largest absolute Gasteiger partial charge is 0.519 e. The highest BCUT2D eigenvalue weighted by atomic mass is 79.9. The van der Waals surface area contributed by atoms with Crippen molar-refractivity contribution in [1.82, 2.24) is 0 Å². The van der Waals surface area contributed by atoms with Gasteiger partial charge in [-0.1, -0.05) is 12.1 Å². The van der Waals surface area contributed by atoms with Gasteiger partial charge in [0.1, 0.15) is 28.3 Å². The van der Waals surface area contributed by atoms with Gasteiger partial charge in [-0.25, -0.2) is 14.4 Å². The Morgan fingerprint density at radius 1 is 0.625 bits per heavy atom. The molecule has 0 fully saturated rings. The maximum Gasteiger partial charge on any atom is 0.519 e. The van der Waals surface area contributed by atoms with Gasteiger partial charge in [0.2, 0.25) is 0 Å². The zero-order chi connectivity index (χ0) is 31.5. The van der Waals surface area contributed by atoms with Crippen LogP contribution in [-0.4, -0.2) is 40.4 Å². The first kappa shape index (κ1) is 37.2. The Kier molecular flexibility index (Phi) is 14.7. The second-order valence-electron chi connectivity index (χ2n) is 11.5.